The molecule has 1 heterocycles. The molecule has 3 rings (SSSR count). The molecular weight excluding hydrogens is 360 g/mol. The van der Waals surface area contributed by atoms with Gasteiger partial charge in [0.15, 0.2) is 0 Å². The number of halogens is 1. The number of hydrogen-bond acceptors (Lipinski definition) is 3. The highest BCUT2D eigenvalue weighted by Gasteiger charge is 2.10. The summed E-state index contributed by atoms with van der Waals surface area (Å²) in [4.78, 5) is 16.3. The Labute approximate surface area is 164 Å². The quantitative estimate of drug-likeness (QED) is 0.644. The van der Waals surface area contributed by atoms with Crippen molar-refractivity contribution in [1.82, 2.24) is 10.3 Å². The van der Waals surface area contributed by atoms with Gasteiger partial charge >= 0.3 is 0 Å². The predicted octanol–water partition coefficient (Wildman–Crippen LogP) is 4.73. The van der Waals surface area contributed by atoms with E-state index in [9.17, 15) is 4.79 Å². The first kappa shape index (κ1) is 18.9. The normalized spacial score (nSPS) is 11.6. The third kappa shape index (κ3) is 5.83. The molecule has 1 unspecified atom stereocenters. The molecule has 0 saturated carbocycles. The molecule has 0 saturated heterocycles. The summed E-state index contributed by atoms with van der Waals surface area (Å²) in [6.45, 7) is 2.44. The molecule has 1 amide bonds. The van der Waals surface area contributed by atoms with E-state index in [1.807, 2.05) is 55.5 Å². The third-order valence-corrected chi connectivity index (χ3v) is 4.42. The molecular formula is C22H21ClN2O2. The maximum absolute atomic E-state index is 12.2. The summed E-state index contributed by atoms with van der Waals surface area (Å²) in [5.41, 5.74) is 2.97. The number of nitrogens with one attached hydrogen (secondary N) is 1. The van der Waals surface area contributed by atoms with Gasteiger partial charge in [0.2, 0.25) is 5.91 Å². The van der Waals surface area contributed by atoms with E-state index in [-0.39, 0.29) is 11.9 Å². The van der Waals surface area contributed by atoms with Crippen LogP contribution in [0.1, 0.15) is 29.7 Å². The number of benzene rings is 2. The number of ether oxygens (including phenoxy) is 1. The van der Waals surface area contributed by atoms with Crippen LogP contribution in [-0.4, -0.2) is 10.9 Å². The molecule has 1 aromatic heterocycles. The van der Waals surface area contributed by atoms with Gasteiger partial charge in [-0.25, -0.2) is 0 Å². The van der Waals surface area contributed by atoms with Crippen molar-refractivity contribution in [3.8, 4) is 5.75 Å². The van der Waals surface area contributed by atoms with Crippen LogP contribution in [-0.2, 0) is 17.8 Å². The standard InChI is InChI=1S/C22H21ClN2O2/c1-16(25-22(26)13-17-4-8-20(23)9-5-17)19-6-10-21(11-7-19)27-15-18-3-2-12-24-14-18/h2-12,14,16H,13,15H2,1H3,(H,25,26). The summed E-state index contributed by atoms with van der Waals surface area (Å²) in [5.74, 6) is 0.754. The van der Waals surface area contributed by atoms with E-state index in [0.717, 1.165) is 22.4 Å². The number of carbonyl (C=O) groups excluding carboxylic acids is 1. The van der Waals surface area contributed by atoms with Gasteiger partial charge in [-0.2, -0.15) is 0 Å². The van der Waals surface area contributed by atoms with E-state index in [2.05, 4.69) is 10.3 Å². The molecule has 27 heavy (non-hydrogen) atoms. The number of hydrogen-bond donors (Lipinski definition) is 1. The Morgan fingerprint density at radius 3 is 2.48 bits per heavy atom. The molecule has 0 radical (unpaired) electrons. The van der Waals surface area contributed by atoms with E-state index in [1.165, 1.54) is 0 Å². The lowest BCUT2D eigenvalue weighted by molar-refractivity contribution is -0.121. The Hall–Kier alpha value is -2.85. The first-order valence-corrected chi connectivity index (χ1v) is 9.13. The summed E-state index contributed by atoms with van der Waals surface area (Å²) in [7, 11) is 0. The van der Waals surface area contributed by atoms with E-state index in [0.29, 0.717) is 18.1 Å². The van der Waals surface area contributed by atoms with Crippen molar-refractivity contribution in [2.45, 2.75) is 26.0 Å². The van der Waals surface area contributed by atoms with Crippen LogP contribution in [0.2, 0.25) is 5.02 Å². The van der Waals surface area contributed by atoms with Crippen molar-refractivity contribution in [3.05, 3.63) is 94.8 Å². The summed E-state index contributed by atoms with van der Waals surface area (Å²) in [6.07, 6.45) is 3.85. The van der Waals surface area contributed by atoms with Gasteiger partial charge in [0.1, 0.15) is 12.4 Å². The molecule has 5 heteroatoms. The van der Waals surface area contributed by atoms with Gasteiger partial charge in [0, 0.05) is 23.0 Å². The topological polar surface area (TPSA) is 51.2 Å². The van der Waals surface area contributed by atoms with E-state index < -0.39 is 0 Å². The Morgan fingerprint density at radius 2 is 1.81 bits per heavy atom. The van der Waals surface area contributed by atoms with Crippen molar-refractivity contribution < 1.29 is 9.53 Å². The van der Waals surface area contributed by atoms with Gasteiger partial charge in [-0.15, -0.1) is 0 Å². The SMILES string of the molecule is CC(NC(=O)Cc1ccc(Cl)cc1)c1ccc(OCc2cccnc2)cc1. The van der Waals surface area contributed by atoms with Crippen LogP contribution in [0.15, 0.2) is 73.1 Å². The second kappa shape index (κ2) is 9.19. The summed E-state index contributed by atoms with van der Waals surface area (Å²) < 4.78 is 5.76. The van der Waals surface area contributed by atoms with Gasteiger partial charge in [0.05, 0.1) is 12.5 Å². The Morgan fingerprint density at radius 1 is 1.07 bits per heavy atom. The van der Waals surface area contributed by atoms with Crippen molar-refractivity contribution in [2.24, 2.45) is 0 Å². The highest BCUT2D eigenvalue weighted by atomic mass is 35.5. The fourth-order valence-corrected chi connectivity index (χ4v) is 2.79. The van der Waals surface area contributed by atoms with Crippen LogP contribution >= 0.6 is 11.6 Å². The summed E-state index contributed by atoms with van der Waals surface area (Å²) in [6, 6.07) is 18.8. The molecule has 138 valence electrons. The van der Waals surface area contributed by atoms with Crippen LogP contribution in [0.5, 0.6) is 5.75 Å². The molecule has 2 aromatic carbocycles. The predicted molar refractivity (Wildman–Crippen MR) is 107 cm³/mol. The smallest absolute Gasteiger partial charge is 0.224 e. The van der Waals surface area contributed by atoms with E-state index in [4.69, 9.17) is 16.3 Å². The molecule has 0 aliphatic rings. The minimum absolute atomic E-state index is 0.0262. The Balaban J connectivity index is 1.51. The Bertz CT molecular complexity index is 865. The maximum atomic E-state index is 12.2. The molecule has 1 N–H and O–H groups in total. The van der Waals surface area contributed by atoms with Gasteiger partial charge in [-0.1, -0.05) is 41.9 Å². The van der Waals surface area contributed by atoms with Crippen molar-refractivity contribution in [1.29, 1.82) is 0 Å². The molecule has 0 fully saturated rings. The number of rotatable bonds is 7. The Kier molecular flexibility index (Phi) is 6.44. The monoisotopic (exact) mass is 380 g/mol. The molecule has 0 spiro atoms. The molecule has 4 nitrogen and oxygen atoms in total. The molecule has 1 atom stereocenters. The fourth-order valence-electron chi connectivity index (χ4n) is 2.67. The number of nitrogens with zero attached hydrogens (tertiary/aromatic N) is 1. The zero-order valence-electron chi connectivity index (χ0n) is 15.1. The molecule has 0 aliphatic heterocycles. The van der Waals surface area contributed by atoms with E-state index in [1.54, 1.807) is 24.5 Å². The van der Waals surface area contributed by atoms with Crippen molar-refractivity contribution >= 4 is 17.5 Å². The number of carbonyl (C=O) groups is 1. The van der Waals surface area contributed by atoms with Gasteiger partial charge < -0.3 is 10.1 Å². The second-order valence-corrected chi connectivity index (χ2v) is 6.75. The van der Waals surface area contributed by atoms with Crippen LogP contribution < -0.4 is 10.1 Å². The summed E-state index contributed by atoms with van der Waals surface area (Å²) >= 11 is 5.87. The maximum Gasteiger partial charge on any atom is 0.224 e. The number of pyridine rings is 1. The first-order chi connectivity index (χ1) is 13.1. The van der Waals surface area contributed by atoms with Crippen molar-refractivity contribution in [3.63, 3.8) is 0 Å². The minimum Gasteiger partial charge on any atom is -0.489 e. The summed E-state index contributed by atoms with van der Waals surface area (Å²) in [5, 5.41) is 3.68. The van der Waals surface area contributed by atoms with Crippen LogP contribution in [0.25, 0.3) is 0 Å². The van der Waals surface area contributed by atoms with E-state index >= 15 is 0 Å². The molecule has 0 bridgehead atoms. The fraction of sp³-hybridized carbons (Fsp3) is 0.182. The zero-order chi connectivity index (χ0) is 19.1. The lowest BCUT2D eigenvalue weighted by Gasteiger charge is -2.15. The lowest BCUT2D eigenvalue weighted by Crippen LogP contribution is -2.28. The van der Waals surface area contributed by atoms with Gasteiger partial charge in [-0.3, -0.25) is 9.78 Å². The average Bonchev–Trinajstić information content (AvgIpc) is 2.69. The largest absolute Gasteiger partial charge is 0.489 e. The van der Waals surface area contributed by atoms with Gasteiger partial charge in [0.25, 0.3) is 0 Å². The van der Waals surface area contributed by atoms with Crippen LogP contribution in [0.3, 0.4) is 0 Å². The highest BCUT2D eigenvalue weighted by Crippen LogP contribution is 2.19. The number of amides is 1. The second-order valence-electron chi connectivity index (χ2n) is 6.31. The van der Waals surface area contributed by atoms with Crippen molar-refractivity contribution in [2.75, 3.05) is 0 Å². The average molecular weight is 381 g/mol. The number of aromatic nitrogens is 1. The third-order valence-electron chi connectivity index (χ3n) is 4.16. The first-order valence-electron chi connectivity index (χ1n) is 8.75. The lowest BCUT2D eigenvalue weighted by atomic mass is 10.1. The highest BCUT2D eigenvalue weighted by molar-refractivity contribution is 6.30. The van der Waals surface area contributed by atoms with Crippen LogP contribution in [0, 0.1) is 0 Å². The molecule has 0 aliphatic carbocycles. The van der Waals surface area contributed by atoms with Gasteiger partial charge in [-0.05, 0) is 48.4 Å². The minimum atomic E-state index is -0.0860. The zero-order valence-corrected chi connectivity index (χ0v) is 15.8. The molecule has 3 aromatic rings. The van der Waals surface area contributed by atoms with Crippen LogP contribution in [0.4, 0.5) is 0 Å².